The van der Waals surface area contributed by atoms with E-state index in [-0.39, 0.29) is 0 Å². The minimum atomic E-state index is 0.517. The van der Waals surface area contributed by atoms with Crippen molar-refractivity contribution in [3.8, 4) is 11.5 Å². The molecule has 0 fully saturated rings. The summed E-state index contributed by atoms with van der Waals surface area (Å²) in [5.41, 5.74) is 10.3. The fourth-order valence-corrected chi connectivity index (χ4v) is 2.51. The number of hydrogen-bond donors (Lipinski definition) is 1. The lowest BCUT2D eigenvalue weighted by molar-refractivity contribution is 0.477. The van der Waals surface area contributed by atoms with Gasteiger partial charge in [0, 0.05) is 11.0 Å². The molecule has 0 saturated carbocycles. The molecule has 2 N–H and O–H groups in total. The van der Waals surface area contributed by atoms with Crippen molar-refractivity contribution in [1.29, 1.82) is 0 Å². The molecule has 0 bridgehead atoms. The van der Waals surface area contributed by atoms with Crippen molar-refractivity contribution in [3.63, 3.8) is 0 Å². The van der Waals surface area contributed by atoms with E-state index in [2.05, 4.69) is 48.8 Å². The maximum absolute atomic E-state index is 5.98. The monoisotopic (exact) mass is 319 g/mol. The molecule has 0 amide bonds. The van der Waals surface area contributed by atoms with Gasteiger partial charge in [-0.2, -0.15) is 0 Å². The van der Waals surface area contributed by atoms with E-state index in [1.54, 1.807) is 0 Å². The molecule has 19 heavy (non-hydrogen) atoms. The van der Waals surface area contributed by atoms with Crippen molar-refractivity contribution in [2.45, 2.75) is 27.3 Å². The Balaban J connectivity index is 2.33. The topological polar surface area (TPSA) is 35.2 Å². The summed E-state index contributed by atoms with van der Waals surface area (Å²) >= 11 is 3.51. The van der Waals surface area contributed by atoms with Crippen LogP contribution < -0.4 is 10.5 Å². The van der Waals surface area contributed by atoms with Crippen LogP contribution in [0.25, 0.3) is 0 Å². The summed E-state index contributed by atoms with van der Waals surface area (Å²) in [5, 5.41) is 0. The summed E-state index contributed by atoms with van der Waals surface area (Å²) in [5.74, 6) is 1.72. The van der Waals surface area contributed by atoms with E-state index in [1.807, 2.05) is 18.2 Å². The highest BCUT2D eigenvalue weighted by atomic mass is 79.9. The van der Waals surface area contributed by atoms with Crippen molar-refractivity contribution in [3.05, 3.63) is 57.1 Å². The van der Waals surface area contributed by atoms with Gasteiger partial charge in [0.2, 0.25) is 0 Å². The van der Waals surface area contributed by atoms with Crippen LogP contribution in [-0.2, 0) is 6.54 Å². The Morgan fingerprint density at radius 2 is 1.84 bits per heavy atom. The molecule has 2 aromatic rings. The Bertz CT molecular complexity index is 608. The second-order valence-corrected chi connectivity index (χ2v) is 5.62. The molecule has 0 aliphatic rings. The van der Waals surface area contributed by atoms with Gasteiger partial charge in [-0.15, -0.1) is 0 Å². The van der Waals surface area contributed by atoms with Crippen LogP contribution in [0.1, 0.15) is 22.3 Å². The maximum atomic E-state index is 5.98. The van der Waals surface area contributed by atoms with Crippen LogP contribution in [0.3, 0.4) is 0 Å². The van der Waals surface area contributed by atoms with E-state index >= 15 is 0 Å². The first-order valence-corrected chi connectivity index (χ1v) is 7.04. The zero-order valence-electron chi connectivity index (χ0n) is 11.5. The third kappa shape index (κ3) is 3.17. The third-order valence-corrected chi connectivity index (χ3v) is 3.97. The van der Waals surface area contributed by atoms with Gasteiger partial charge in [0.05, 0.1) is 0 Å². The number of benzene rings is 2. The van der Waals surface area contributed by atoms with E-state index in [0.717, 1.165) is 21.5 Å². The zero-order valence-corrected chi connectivity index (χ0v) is 13.0. The molecule has 0 aromatic heterocycles. The van der Waals surface area contributed by atoms with E-state index in [4.69, 9.17) is 10.5 Å². The second kappa shape index (κ2) is 5.76. The van der Waals surface area contributed by atoms with E-state index in [0.29, 0.717) is 6.54 Å². The van der Waals surface area contributed by atoms with Crippen molar-refractivity contribution >= 4 is 15.9 Å². The molecular weight excluding hydrogens is 302 g/mol. The molecule has 0 radical (unpaired) electrons. The minimum absolute atomic E-state index is 0.517. The van der Waals surface area contributed by atoms with Crippen LogP contribution in [0, 0.1) is 20.8 Å². The molecule has 0 aliphatic heterocycles. The quantitative estimate of drug-likeness (QED) is 0.895. The first-order valence-electron chi connectivity index (χ1n) is 6.25. The summed E-state index contributed by atoms with van der Waals surface area (Å²) in [6.07, 6.45) is 0. The predicted molar refractivity (Wildman–Crippen MR) is 82.8 cm³/mol. The fourth-order valence-electron chi connectivity index (χ4n) is 1.99. The fraction of sp³-hybridized carbons (Fsp3) is 0.250. The summed E-state index contributed by atoms with van der Waals surface area (Å²) in [7, 11) is 0. The summed E-state index contributed by atoms with van der Waals surface area (Å²) in [6.45, 7) is 6.77. The average Bonchev–Trinajstić information content (AvgIpc) is 2.35. The van der Waals surface area contributed by atoms with Crippen LogP contribution in [0.2, 0.25) is 0 Å². The SMILES string of the molecule is Cc1cc(C)c(C)c(Oc2ccc(CN)c(Br)c2)c1. The van der Waals surface area contributed by atoms with E-state index in [1.165, 1.54) is 16.7 Å². The Morgan fingerprint density at radius 1 is 1.11 bits per heavy atom. The second-order valence-electron chi connectivity index (χ2n) is 4.76. The molecule has 0 unspecified atom stereocenters. The predicted octanol–water partition coefficient (Wildman–Crippen LogP) is 4.63. The van der Waals surface area contributed by atoms with Crippen molar-refractivity contribution in [2.24, 2.45) is 5.73 Å². The van der Waals surface area contributed by atoms with Gasteiger partial charge in [-0.1, -0.05) is 28.1 Å². The molecule has 0 saturated heterocycles. The number of ether oxygens (including phenoxy) is 1. The van der Waals surface area contributed by atoms with Gasteiger partial charge in [0.15, 0.2) is 0 Å². The van der Waals surface area contributed by atoms with E-state index in [9.17, 15) is 0 Å². The van der Waals surface area contributed by atoms with Gasteiger partial charge >= 0.3 is 0 Å². The molecule has 2 nitrogen and oxygen atoms in total. The van der Waals surface area contributed by atoms with Crippen molar-refractivity contribution < 1.29 is 4.74 Å². The number of hydrogen-bond acceptors (Lipinski definition) is 2. The third-order valence-electron chi connectivity index (χ3n) is 3.24. The van der Waals surface area contributed by atoms with Crippen LogP contribution in [0.4, 0.5) is 0 Å². The number of aryl methyl sites for hydroxylation is 2. The van der Waals surface area contributed by atoms with Gasteiger partial charge in [0.25, 0.3) is 0 Å². The van der Waals surface area contributed by atoms with Crippen molar-refractivity contribution in [1.82, 2.24) is 0 Å². The van der Waals surface area contributed by atoms with Gasteiger partial charge in [-0.3, -0.25) is 0 Å². The minimum Gasteiger partial charge on any atom is -0.457 e. The van der Waals surface area contributed by atoms with Crippen LogP contribution in [0.5, 0.6) is 11.5 Å². The highest BCUT2D eigenvalue weighted by Gasteiger charge is 2.07. The largest absolute Gasteiger partial charge is 0.457 e. The lowest BCUT2D eigenvalue weighted by atomic mass is 10.1. The van der Waals surface area contributed by atoms with E-state index < -0.39 is 0 Å². The molecular formula is C16H18BrNO. The first kappa shape index (κ1) is 14.1. The Labute approximate surface area is 122 Å². The summed E-state index contributed by atoms with van der Waals surface area (Å²) < 4.78 is 6.96. The van der Waals surface area contributed by atoms with Crippen LogP contribution in [0.15, 0.2) is 34.8 Å². The lowest BCUT2D eigenvalue weighted by Crippen LogP contribution is -1.97. The normalized spacial score (nSPS) is 10.6. The molecule has 2 rings (SSSR count). The zero-order chi connectivity index (χ0) is 14.0. The molecule has 0 heterocycles. The molecule has 0 spiro atoms. The molecule has 2 aromatic carbocycles. The Hall–Kier alpha value is -1.32. The summed E-state index contributed by atoms with van der Waals surface area (Å²) in [6, 6.07) is 10.1. The lowest BCUT2D eigenvalue weighted by Gasteiger charge is -2.13. The maximum Gasteiger partial charge on any atom is 0.130 e. The number of halogens is 1. The van der Waals surface area contributed by atoms with Gasteiger partial charge in [0.1, 0.15) is 11.5 Å². The summed E-state index contributed by atoms with van der Waals surface area (Å²) in [4.78, 5) is 0. The standard InChI is InChI=1S/C16H18BrNO/c1-10-6-11(2)12(3)16(7-10)19-14-5-4-13(9-18)15(17)8-14/h4-8H,9,18H2,1-3H3. The molecule has 100 valence electrons. The van der Waals surface area contributed by atoms with Crippen LogP contribution in [-0.4, -0.2) is 0 Å². The molecule has 0 atom stereocenters. The molecule has 3 heteroatoms. The highest BCUT2D eigenvalue weighted by molar-refractivity contribution is 9.10. The van der Waals surface area contributed by atoms with Gasteiger partial charge in [-0.25, -0.2) is 0 Å². The smallest absolute Gasteiger partial charge is 0.130 e. The van der Waals surface area contributed by atoms with Crippen molar-refractivity contribution in [2.75, 3.05) is 0 Å². The van der Waals surface area contributed by atoms with Crippen LogP contribution >= 0.6 is 15.9 Å². The highest BCUT2D eigenvalue weighted by Crippen LogP contribution is 2.30. The molecule has 0 aliphatic carbocycles. The Morgan fingerprint density at radius 3 is 2.47 bits per heavy atom. The Kier molecular flexibility index (Phi) is 4.27. The average molecular weight is 320 g/mol. The van der Waals surface area contributed by atoms with Gasteiger partial charge in [-0.05, 0) is 61.2 Å². The number of nitrogens with two attached hydrogens (primary N) is 1. The number of rotatable bonds is 3. The van der Waals surface area contributed by atoms with Gasteiger partial charge < -0.3 is 10.5 Å². The first-order chi connectivity index (χ1) is 9.01.